The van der Waals surface area contributed by atoms with Crippen molar-refractivity contribution in [2.45, 2.75) is 32.9 Å². The Bertz CT molecular complexity index is 531. The zero-order chi connectivity index (χ0) is 17.5. The third-order valence-electron chi connectivity index (χ3n) is 4.49. The van der Waals surface area contributed by atoms with E-state index in [4.69, 9.17) is 4.74 Å². The maximum atomic E-state index is 12.6. The van der Waals surface area contributed by atoms with Gasteiger partial charge in [-0.1, -0.05) is 13.8 Å². The van der Waals surface area contributed by atoms with Gasteiger partial charge in [0.15, 0.2) is 0 Å². The van der Waals surface area contributed by atoms with E-state index in [0.29, 0.717) is 19.7 Å². The zero-order valence-corrected chi connectivity index (χ0v) is 15.5. The molecule has 2 amide bonds. The summed E-state index contributed by atoms with van der Waals surface area (Å²) in [6.07, 6.45) is 0. The Balaban J connectivity index is 2.02. The van der Waals surface area contributed by atoms with Gasteiger partial charge < -0.3 is 15.0 Å². The molecule has 0 bridgehead atoms. The molecule has 1 saturated heterocycles. The van der Waals surface area contributed by atoms with Crippen molar-refractivity contribution in [2.24, 2.45) is 0 Å². The molecule has 0 aliphatic carbocycles. The molecule has 2 heterocycles. The Kier molecular flexibility index (Phi) is 7.20. The number of amides is 2. The molecule has 1 aromatic rings. The average Bonchev–Trinajstić information content (AvgIpc) is 3.12. The molecule has 134 valence electrons. The largest absolute Gasteiger partial charge is 0.377 e. The fourth-order valence-corrected chi connectivity index (χ4v) is 3.81. The maximum Gasteiger partial charge on any atom is 0.245 e. The van der Waals surface area contributed by atoms with Crippen LogP contribution in [0.15, 0.2) is 16.8 Å². The number of thiophene rings is 1. The molecular formula is C17H27N3O3S. The van der Waals surface area contributed by atoms with Crippen LogP contribution in [0.2, 0.25) is 0 Å². The Morgan fingerprint density at radius 2 is 2.21 bits per heavy atom. The molecule has 1 aromatic heterocycles. The van der Waals surface area contributed by atoms with E-state index in [1.54, 1.807) is 16.2 Å². The highest BCUT2D eigenvalue weighted by molar-refractivity contribution is 7.07. The summed E-state index contributed by atoms with van der Waals surface area (Å²) < 4.78 is 5.39. The van der Waals surface area contributed by atoms with Crippen LogP contribution in [-0.4, -0.2) is 67.0 Å². The van der Waals surface area contributed by atoms with E-state index >= 15 is 0 Å². The van der Waals surface area contributed by atoms with Crippen LogP contribution in [-0.2, 0) is 14.3 Å². The van der Waals surface area contributed by atoms with Crippen LogP contribution in [0.5, 0.6) is 0 Å². The standard InChI is InChI=1S/C17H27N3O3S/c1-4-19(5-2)15(14-6-9-24-12-14)10-18-17(22)16-11-23-8-7-20(16)13(3)21/h6,9,12,15-16H,4-5,7-8,10-11H2,1-3H3,(H,18,22)/t15-,16+/m0/s1. The average molecular weight is 353 g/mol. The number of likely N-dealkylation sites (N-methyl/N-ethyl adjacent to an activating group) is 1. The van der Waals surface area contributed by atoms with Crippen molar-refractivity contribution >= 4 is 23.2 Å². The SMILES string of the molecule is CCN(CC)[C@@H](CNC(=O)[C@H]1COCCN1C(C)=O)c1ccsc1. The zero-order valence-electron chi connectivity index (χ0n) is 14.7. The molecule has 0 saturated carbocycles. The first-order valence-corrected chi connectivity index (χ1v) is 9.41. The molecule has 0 spiro atoms. The van der Waals surface area contributed by atoms with Crippen molar-refractivity contribution in [3.8, 4) is 0 Å². The van der Waals surface area contributed by atoms with E-state index in [0.717, 1.165) is 13.1 Å². The molecule has 2 rings (SSSR count). The summed E-state index contributed by atoms with van der Waals surface area (Å²) in [6, 6.07) is 1.72. The quantitative estimate of drug-likeness (QED) is 0.807. The first kappa shape index (κ1) is 18.9. The minimum atomic E-state index is -0.531. The Morgan fingerprint density at radius 1 is 1.46 bits per heavy atom. The van der Waals surface area contributed by atoms with E-state index in [9.17, 15) is 9.59 Å². The molecule has 6 nitrogen and oxygen atoms in total. The van der Waals surface area contributed by atoms with Crippen LogP contribution in [0.25, 0.3) is 0 Å². The van der Waals surface area contributed by atoms with Gasteiger partial charge in [0, 0.05) is 20.0 Å². The van der Waals surface area contributed by atoms with E-state index in [1.807, 2.05) is 0 Å². The Hall–Kier alpha value is -1.44. The number of hydrogen-bond donors (Lipinski definition) is 1. The van der Waals surface area contributed by atoms with Gasteiger partial charge >= 0.3 is 0 Å². The van der Waals surface area contributed by atoms with Crippen LogP contribution in [0, 0.1) is 0 Å². The predicted octanol–water partition coefficient (Wildman–Crippen LogP) is 1.49. The predicted molar refractivity (Wildman–Crippen MR) is 95.0 cm³/mol. The lowest BCUT2D eigenvalue weighted by molar-refractivity contribution is -0.147. The number of ether oxygens (including phenoxy) is 1. The lowest BCUT2D eigenvalue weighted by atomic mass is 10.1. The molecule has 1 N–H and O–H groups in total. The molecule has 7 heteroatoms. The molecule has 0 radical (unpaired) electrons. The van der Waals surface area contributed by atoms with E-state index in [1.165, 1.54) is 12.5 Å². The fraction of sp³-hybridized carbons (Fsp3) is 0.647. The van der Waals surface area contributed by atoms with Gasteiger partial charge in [-0.3, -0.25) is 14.5 Å². The topological polar surface area (TPSA) is 61.9 Å². The Labute approximate surface area is 147 Å². The van der Waals surface area contributed by atoms with Gasteiger partial charge in [0.05, 0.1) is 19.3 Å². The number of hydrogen-bond acceptors (Lipinski definition) is 5. The molecule has 2 atom stereocenters. The monoisotopic (exact) mass is 353 g/mol. The van der Waals surface area contributed by atoms with Crippen LogP contribution >= 0.6 is 11.3 Å². The highest BCUT2D eigenvalue weighted by atomic mass is 32.1. The van der Waals surface area contributed by atoms with Gasteiger partial charge in [-0.05, 0) is 35.5 Å². The summed E-state index contributed by atoms with van der Waals surface area (Å²) in [5, 5.41) is 7.21. The maximum absolute atomic E-state index is 12.6. The Morgan fingerprint density at radius 3 is 2.79 bits per heavy atom. The molecule has 1 aliphatic rings. The van der Waals surface area contributed by atoms with Crippen LogP contribution in [0.3, 0.4) is 0 Å². The van der Waals surface area contributed by atoms with Gasteiger partial charge in [0.25, 0.3) is 0 Å². The smallest absolute Gasteiger partial charge is 0.245 e. The number of nitrogens with one attached hydrogen (secondary N) is 1. The van der Waals surface area contributed by atoms with Gasteiger partial charge in [-0.15, -0.1) is 0 Å². The summed E-state index contributed by atoms with van der Waals surface area (Å²) in [7, 11) is 0. The number of nitrogens with zero attached hydrogens (tertiary/aromatic N) is 2. The minimum absolute atomic E-state index is 0.0865. The fourth-order valence-electron chi connectivity index (χ4n) is 3.10. The van der Waals surface area contributed by atoms with Crippen molar-refractivity contribution in [2.75, 3.05) is 39.4 Å². The molecule has 0 unspecified atom stereocenters. The van der Waals surface area contributed by atoms with Crippen molar-refractivity contribution in [3.63, 3.8) is 0 Å². The normalized spacial score (nSPS) is 19.3. The summed E-state index contributed by atoms with van der Waals surface area (Å²) in [4.78, 5) is 28.2. The van der Waals surface area contributed by atoms with Crippen LogP contribution in [0.1, 0.15) is 32.4 Å². The summed E-state index contributed by atoms with van der Waals surface area (Å²) in [5.74, 6) is -0.228. The van der Waals surface area contributed by atoms with E-state index in [2.05, 4.69) is 40.9 Å². The van der Waals surface area contributed by atoms with Gasteiger partial charge in [0.2, 0.25) is 11.8 Å². The van der Waals surface area contributed by atoms with Crippen LogP contribution < -0.4 is 5.32 Å². The molecule has 0 aromatic carbocycles. The third kappa shape index (κ3) is 4.55. The second-order valence-corrected chi connectivity index (χ2v) is 6.62. The van der Waals surface area contributed by atoms with Gasteiger partial charge in [0.1, 0.15) is 6.04 Å². The lowest BCUT2D eigenvalue weighted by Gasteiger charge is -2.35. The molecule has 1 fully saturated rings. The van der Waals surface area contributed by atoms with Crippen molar-refractivity contribution in [3.05, 3.63) is 22.4 Å². The second kappa shape index (κ2) is 9.15. The first-order valence-electron chi connectivity index (χ1n) is 8.47. The highest BCUT2D eigenvalue weighted by Gasteiger charge is 2.31. The number of morpholine rings is 1. The second-order valence-electron chi connectivity index (χ2n) is 5.84. The van der Waals surface area contributed by atoms with Crippen LogP contribution in [0.4, 0.5) is 0 Å². The van der Waals surface area contributed by atoms with E-state index in [-0.39, 0.29) is 24.5 Å². The van der Waals surface area contributed by atoms with Crippen molar-refractivity contribution < 1.29 is 14.3 Å². The summed E-state index contributed by atoms with van der Waals surface area (Å²) >= 11 is 1.66. The van der Waals surface area contributed by atoms with Crippen molar-refractivity contribution in [1.82, 2.24) is 15.1 Å². The summed E-state index contributed by atoms with van der Waals surface area (Å²) in [5.41, 5.74) is 1.22. The lowest BCUT2D eigenvalue weighted by Crippen LogP contribution is -2.56. The number of rotatable bonds is 7. The molecule has 1 aliphatic heterocycles. The number of carbonyl (C=O) groups is 2. The minimum Gasteiger partial charge on any atom is -0.377 e. The first-order chi connectivity index (χ1) is 11.6. The van der Waals surface area contributed by atoms with Crippen molar-refractivity contribution in [1.29, 1.82) is 0 Å². The summed E-state index contributed by atoms with van der Waals surface area (Å²) in [6.45, 7) is 9.32. The molecule has 24 heavy (non-hydrogen) atoms. The highest BCUT2D eigenvalue weighted by Crippen LogP contribution is 2.22. The third-order valence-corrected chi connectivity index (χ3v) is 5.19. The van der Waals surface area contributed by atoms with Gasteiger partial charge in [-0.25, -0.2) is 0 Å². The number of carbonyl (C=O) groups excluding carboxylic acids is 2. The van der Waals surface area contributed by atoms with Gasteiger partial charge in [-0.2, -0.15) is 11.3 Å². The van der Waals surface area contributed by atoms with E-state index < -0.39 is 6.04 Å². The molecular weight excluding hydrogens is 326 g/mol.